The van der Waals surface area contributed by atoms with Gasteiger partial charge in [0.1, 0.15) is 11.5 Å². The summed E-state index contributed by atoms with van der Waals surface area (Å²) in [4.78, 5) is 11.5. The summed E-state index contributed by atoms with van der Waals surface area (Å²) in [7, 11) is 1.70. The highest BCUT2D eigenvalue weighted by Gasteiger charge is 2.41. The Morgan fingerprint density at radius 2 is 1.90 bits per heavy atom. The highest BCUT2D eigenvalue weighted by Crippen LogP contribution is 2.50. The molecule has 0 radical (unpaired) electrons. The van der Waals surface area contributed by atoms with Gasteiger partial charge in [0.05, 0.1) is 7.11 Å². The predicted molar refractivity (Wildman–Crippen MR) is 79.9 cm³/mol. The lowest BCUT2D eigenvalue weighted by Gasteiger charge is -2.38. The van der Waals surface area contributed by atoms with E-state index in [-0.39, 0.29) is 0 Å². The molecule has 0 saturated heterocycles. The van der Waals surface area contributed by atoms with E-state index in [0.29, 0.717) is 17.1 Å². The molecule has 1 aromatic rings. The van der Waals surface area contributed by atoms with Gasteiger partial charge in [0.15, 0.2) is 0 Å². The highest BCUT2D eigenvalue weighted by atomic mass is 16.5. The molecule has 0 N–H and O–H groups in total. The first-order valence-electron chi connectivity index (χ1n) is 7.53. The number of methoxy groups -OCH3 is 1. The zero-order chi connectivity index (χ0) is 14.0. The molecular weight excluding hydrogens is 248 g/mol. The minimum Gasteiger partial charge on any atom is -0.497 e. The fourth-order valence-corrected chi connectivity index (χ4v) is 3.72. The molecule has 0 unspecified atom stereocenters. The van der Waals surface area contributed by atoms with Crippen molar-refractivity contribution in [1.29, 1.82) is 0 Å². The van der Waals surface area contributed by atoms with Crippen LogP contribution >= 0.6 is 0 Å². The van der Waals surface area contributed by atoms with Crippen molar-refractivity contribution in [3.63, 3.8) is 0 Å². The second-order valence-electron chi connectivity index (χ2n) is 6.19. The van der Waals surface area contributed by atoms with Crippen molar-refractivity contribution < 1.29 is 9.53 Å². The van der Waals surface area contributed by atoms with Crippen LogP contribution < -0.4 is 4.74 Å². The van der Waals surface area contributed by atoms with E-state index >= 15 is 0 Å². The van der Waals surface area contributed by atoms with Gasteiger partial charge in [0, 0.05) is 12.8 Å². The standard InChI is InChI=1S/C18H22O2/c1-20-17-6-4-14(5-7-17)13-15-3-2-10-18(15)11-8-16(19)9-12-18/h2-7,15H,8-13H2,1H3/t15-/m1/s1. The summed E-state index contributed by atoms with van der Waals surface area (Å²) in [5, 5.41) is 0. The lowest BCUT2D eigenvalue weighted by atomic mass is 9.65. The molecule has 1 spiro atoms. The fraction of sp³-hybridized carbons (Fsp3) is 0.500. The third kappa shape index (κ3) is 2.52. The number of hydrogen-bond donors (Lipinski definition) is 0. The molecule has 0 heterocycles. The van der Waals surface area contributed by atoms with E-state index in [4.69, 9.17) is 4.74 Å². The number of ether oxygens (including phenoxy) is 1. The van der Waals surface area contributed by atoms with Crippen LogP contribution in [0.25, 0.3) is 0 Å². The van der Waals surface area contributed by atoms with Crippen molar-refractivity contribution in [3.8, 4) is 5.75 Å². The van der Waals surface area contributed by atoms with Gasteiger partial charge in [0.2, 0.25) is 0 Å². The molecule has 2 heteroatoms. The number of allylic oxidation sites excluding steroid dienone is 2. The molecule has 1 atom stereocenters. The lowest BCUT2D eigenvalue weighted by Crippen LogP contribution is -2.32. The van der Waals surface area contributed by atoms with Crippen molar-refractivity contribution in [2.24, 2.45) is 11.3 Å². The molecular formula is C18H22O2. The average molecular weight is 270 g/mol. The molecule has 1 aromatic carbocycles. The van der Waals surface area contributed by atoms with Gasteiger partial charge >= 0.3 is 0 Å². The molecule has 2 aliphatic rings. The monoisotopic (exact) mass is 270 g/mol. The van der Waals surface area contributed by atoms with Crippen LogP contribution in [0.4, 0.5) is 0 Å². The van der Waals surface area contributed by atoms with Crippen molar-refractivity contribution in [1.82, 2.24) is 0 Å². The van der Waals surface area contributed by atoms with E-state index in [2.05, 4.69) is 24.3 Å². The molecule has 0 bridgehead atoms. The first-order chi connectivity index (χ1) is 9.72. The molecule has 106 valence electrons. The van der Waals surface area contributed by atoms with Crippen LogP contribution in [-0.2, 0) is 11.2 Å². The Kier molecular flexibility index (Phi) is 3.64. The van der Waals surface area contributed by atoms with E-state index in [9.17, 15) is 4.79 Å². The van der Waals surface area contributed by atoms with Crippen LogP contribution in [0.1, 0.15) is 37.7 Å². The van der Waals surface area contributed by atoms with E-state index in [1.807, 2.05) is 12.1 Å². The van der Waals surface area contributed by atoms with Gasteiger partial charge in [-0.2, -0.15) is 0 Å². The summed E-state index contributed by atoms with van der Waals surface area (Å²) >= 11 is 0. The molecule has 2 aliphatic carbocycles. The zero-order valence-corrected chi connectivity index (χ0v) is 12.1. The maximum absolute atomic E-state index is 11.5. The summed E-state index contributed by atoms with van der Waals surface area (Å²) in [6.07, 6.45) is 10.6. The summed E-state index contributed by atoms with van der Waals surface area (Å²) in [5.74, 6) is 1.95. The Morgan fingerprint density at radius 1 is 1.20 bits per heavy atom. The van der Waals surface area contributed by atoms with Crippen LogP contribution in [0.2, 0.25) is 0 Å². The Balaban J connectivity index is 1.72. The molecule has 0 aromatic heterocycles. The Morgan fingerprint density at radius 3 is 2.55 bits per heavy atom. The van der Waals surface area contributed by atoms with E-state index in [0.717, 1.165) is 44.3 Å². The lowest BCUT2D eigenvalue weighted by molar-refractivity contribution is -0.122. The van der Waals surface area contributed by atoms with Gasteiger partial charge in [-0.1, -0.05) is 24.3 Å². The van der Waals surface area contributed by atoms with Gasteiger partial charge in [-0.05, 0) is 54.7 Å². The van der Waals surface area contributed by atoms with Crippen LogP contribution in [-0.4, -0.2) is 12.9 Å². The number of carbonyl (C=O) groups is 1. The molecule has 20 heavy (non-hydrogen) atoms. The van der Waals surface area contributed by atoms with Gasteiger partial charge in [0.25, 0.3) is 0 Å². The molecule has 2 nitrogen and oxygen atoms in total. The van der Waals surface area contributed by atoms with E-state index < -0.39 is 0 Å². The van der Waals surface area contributed by atoms with Gasteiger partial charge in [-0.25, -0.2) is 0 Å². The minimum atomic E-state index is 0.355. The summed E-state index contributed by atoms with van der Waals surface area (Å²) in [6.45, 7) is 0. The maximum atomic E-state index is 11.5. The number of benzene rings is 1. The van der Waals surface area contributed by atoms with Crippen LogP contribution in [0, 0.1) is 11.3 Å². The SMILES string of the molecule is COc1ccc(C[C@H]2C=CCC23CCC(=O)CC3)cc1. The first kappa shape index (κ1) is 13.4. The second-order valence-corrected chi connectivity index (χ2v) is 6.19. The highest BCUT2D eigenvalue weighted by molar-refractivity contribution is 5.79. The summed E-state index contributed by atoms with van der Waals surface area (Å²) in [6, 6.07) is 8.38. The van der Waals surface area contributed by atoms with Crippen LogP contribution in [0.3, 0.4) is 0 Å². The van der Waals surface area contributed by atoms with Gasteiger partial charge in [-0.15, -0.1) is 0 Å². The smallest absolute Gasteiger partial charge is 0.132 e. The molecule has 0 amide bonds. The molecule has 1 saturated carbocycles. The Hall–Kier alpha value is -1.57. The predicted octanol–water partition coefficient (Wildman–Crippen LogP) is 3.94. The molecule has 0 aliphatic heterocycles. The topological polar surface area (TPSA) is 26.3 Å². The average Bonchev–Trinajstić information content (AvgIpc) is 2.86. The van der Waals surface area contributed by atoms with Crippen molar-refractivity contribution in [3.05, 3.63) is 42.0 Å². The maximum Gasteiger partial charge on any atom is 0.132 e. The number of Topliss-reactive ketones (excluding diaryl/α,β-unsaturated/α-hetero) is 1. The third-order valence-corrected chi connectivity index (χ3v) is 5.10. The molecule has 3 rings (SSSR count). The Labute approximate surface area is 120 Å². The second kappa shape index (κ2) is 5.43. The first-order valence-corrected chi connectivity index (χ1v) is 7.53. The third-order valence-electron chi connectivity index (χ3n) is 5.10. The van der Waals surface area contributed by atoms with Gasteiger partial charge < -0.3 is 4.74 Å². The fourth-order valence-electron chi connectivity index (χ4n) is 3.72. The molecule has 1 fully saturated rings. The quantitative estimate of drug-likeness (QED) is 0.778. The Bertz CT molecular complexity index is 503. The summed E-state index contributed by atoms with van der Waals surface area (Å²) in [5.41, 5.74) is 1.71. The zero-order valence-electron chi connectivity index (χ0n) is 12.1. The van der Waals surface area contributed by atoms with E-state index in [1.54, 1.807) is 7.11 Å². The number of carbonyl (C=O) groups excluding carboxylic acids is 1. The van der Waals surface area contributed by atoms with Crippen LogP contribution in [0.15, 0.2) is 36.4 Å². The number of hydrogen-bond acceptors (Lipinski definition) is 2. The van der Waals surface area contributed by atoms with Gasteiger partial charge in [-0.3, -0.25) is 4.79 Å². The van der Waals surface area contributed by atoms with Crippen molar-refractivity contribution in [2.45, 2.75) is 38.5 Å². The minimum absolute atomic E-state index is 0.355. The summed E-state index contributed by atoms with van der Waals surface area (Å²) < 4.78 is 5.21. The largest absolute Gasteiger partial charge is 0.497 e. The normalized spacial score (nSPS) is 24.2. The van der Waals surface area contributed by atoms with Crippen LogP contribution in [0.5, 0.6) is 5.75 Å². The van der Waals surface area contributed by atoms with Crippen molar-refractivity contribution >= 4 is 5.78 Å². The van der Waals surface area contributed by atoms with E-state index in [1.165, 1.54) is 5.56 Å². The number of ketones is 1. The van der Waals surface area contributed by atoms with Crippen molar-refractivity contribution in [2.75, 3.05) is 7.11 Å². The number of rotatable bonds is 3.